The van der Waals surface area contributed by atoms with Crippen LogP contribution in [0.15, 0.2) is 54.9 Å². The van der Waals surface area contributed by atoms with Crippen LogP contribution >= 0.6 is 24.0 Å². The van der Waals surface area contributed by atoms with Crippen molar-refractivity contribution >= 4 is 34.8 Å². The third kappa shape index (κ3) is 5.82. The van der Waals surface area contributed by atoms with Crippen molar-refractivity contribution < 1.29 is 9.47 Å². The summed E-state index contributed by atoms with van der Waals surface area (Å²) in [4.78, 5) is 8.40. The number of nitrogens with zero attached hydrogens (tertiary/aromatic N) is 2. The summed E-state index contributed by atoms with van der Waals surface area (Å²) in [6.45, 7) is 3.68. The van der Waals surface area contributed by atoms with Gasteiger partial charge in [-0.1, -0.05) is 41.9 Å². The van der Waals surface area contributed by atoms with Gasteiger partial charge in [0.05, 0.1) is 0 Å². The van der Waals surface area contributed by atoms with Gasteiger partial charge in [0.25, 0.3) is 0 Å². The third-order valence-electron chi connectivity index (χ3n) is 5.38. The molecule has 1 aromatic carbocycles. The van der Waals surface area contributed by atoms with Crippen LogP contribution in [0.2, 0.25) is 5.15 Å². The Labute approximate surface area is 188 Å². The maximum atomic E-state index is 6.05. The minimum absolute atomic E-state index is 0. The molecule has 2 aliphatic rings. The maximum Gasteiger partial charge on any atom is 0.217 e. The number of hydrogen-bond acceptors (Lipinski definition) is 5. The summed E-state index contributed by atoms with van der Waals surface area (Å²) in [5.74, 6) is 1.37. The summed E-state index contributed by atoms with van der Waals surface area (Å²) in [6.07, 6.45) is 7.03. The molecule has 5 rings (SSSR count). The van der Waals surface area contributed by atoms with Crippen LogP contribution in [0.1, 0.15) is 30.7 Å². The molecule has 0 spiro atoms. The standard InChI is InChI=1S/C14H20N2O2.C9H6ClN.ClH/c1-2-13(11-4-8-17-9-5-11)14(16-6-1)18-12-3-7-15-10-12;10-9-8-4-2-1-3-7(8)5-6-11-9;/h1-2,6,11-12,15H,3-5,7-10H2;1-6H;1H/t12-;;/m0../s1. The number of aromatic nitrogens is 2. The Hall–Kier alpha value is -1.92. The first kappa shape index (κ1) is 22.8. The van der Waals surface area contributed by atoms with Gasteiger partial charge < -0.3 is 14.8 Å². The van der Waals surface area contributed by atoms with Crippen LogP contribution in [0.5, 0.6) is 5.88 Å². The van der Waals surface area contributed by atoms with Crippen LogP contribution in [0.4, 0.5) is 0 Å². The van der Waals surface area contributed by atoms with Crippen molar-refractivity contribution in [3.05, 3.63) is 65.6 Å². The molecule has 2 aromatic heterocycles. The molecule has 2 fully saturated rings. The van der Waals surface area contributed by atoms with E-state index in [1.165, 1.54) is 5.56 Å². The quantitative estimate of drug-likeness (QED) is 0.570. The van der Waals surface area contributed by atoms with Gasteiger partial charge in [-0.15, -0.1) is 12.4 Å². The average Bonchev–Trinajstić information content (AvgIpc) is 3.29. The number of nitrogens with one attached hydrogen (secondary N) is 1. The molecule has 0 bridgehead atoms. The van der Waals surface area contributed by atoms with Crippen molar-refractivity contribution in [1.29, 1.82) is 0 Å². The predicted octanol–water partition coefficient (Wildman–Crippen LogP) is 5.03. The second-order valence-corrected chi connectivity index (χ2v) is 7.70. The molecule has 5 nitrogen and oxygen atoms in total. The van der Waals surface area contributed by atoms with Crippen molar-refractivity contribution in [1.82, 2.24) is 15.3 Å². The lowest BCUT2D eigenvalue weighted by atomic mass is 9.92. The van der Waals surface area contributed by atoms with E-state index in [1.54, 1.807) is 6.20 Å². The minimum Gasteiger partial charge on any atom is -0.473 e. The zero-order chi connectivity index (χ0) is 19.9. The van der Waals surface area contributed by atoms with E-state index in [-0.39, 0.29) is 18.5 Å². The number of rotatable bonds is 3. The molecule has 0 amide bonds. The monoisotopic (exact) mass is 447 g/mol. The number of hydrogen-bond donors (Lipinski definition) is 1. The van der Waals surface area contributed by atoms with Gasteiger partial charge in [0.1, 0.15) is 11.3 Å². The fraction of sp³-hybridized carbons (Fsp3) is 0.391. The van der Waals surface area contributed by atoms with Crippen molar-refractivity contribution in [2.24, 2.45) is 0 Å². The molecule has 0 aliphatic carbocycles. The average molecular weight is 448 g/mol. The smallest absolute Gasteiger partial charge is 0.217 e. The first-order chi connectivity index (χ1) is 14.3. The highest BCUT2D eigenvalue weighted by atomic mass is 35.5. The molecule has 2 aliphatic heterocycles. The summed E-state index contributed by atoms with van der Waals surface area (Å²) in [6, 6.07) is 14.0. The Morgan fingerprint density at radius 1 is 0.967 bits per heavy atom. The van der Waals surface area contributed by atoms with Crippen molar-refractivity contribution in [2.45, 2.75) is 31.3 Å². The zero-order valence-electron chi connectivity index (χ0n) is 16.8. The van der Waals surface area contributed by atoms with Crippen LogP contribution < -0.4 is 10.1 Å². The van der Waals surface area contributed by atoms with E-state index < -0.39 is 0 Å². The first-order valence-corrected chi connectivity index (χ1v) is 10.6. The van der Waals surface area contributed by atoms with Gasteiger partial charge in [-0.3, -0.25) is 0 Å². The summed E-state index contributed by atoms with van der Waals surface area (Å²) >= 11 is 5.85. The van der Waals surface area contributed by atoms with Crippen LogP contribution in [0.25, 0.3) is 10.8 Å². The summed E-state index contributed by atoms with van der Waals surface area (Å²) in [7, 11) is 0. The van der Waals surface area contributed by atoms with Crippen LogP contribution in [0, 0.1) is 0 Å². The third-order valence-corrected chi connectivity index (χ3v) is 5.68. The number of fused-ring (bicyclic) bond motifs is 1. The van der Waals surface area contributed by atoms with E-state index >= 15 is 0 Å². The zero-order valence-corrected chi connectivity index (χ0v) is 18.4. The molecule has 160 valence electrons. The first-order valence-electron chi connectivity index (χ1n) is 10.2. The van der Waals surface area contributed by atoms with Crippen LogP contribution in [-0.4, -0.2) is 42.4 Å². The topological polar surface area (TPSA) is 56.3 Å². The molecule has 1 atom stereocenters. The highest BCUT2D eigenvalue weighted by Crippen LogP contribution is 2.32. The fourth-order valence-electron chi connectivity index (χ4n) is 3.79. The Balaban J connectivity index is 0.000000184. The highest BCUT2D eigenvalue weighted by Gasteiger charge is 2.23. The summed E-state index contributed by atoms with van der Waals surface area (Å²) < 4.78 is 11.5. The Bertz CT molecular complexity index is 924. The lowest BCUT2D eigenvalue weighted by Crippen LogP contribution is -2.22. The van der Waals surface area contributed by atoms with E-state index in [9.17, 15) is 0 Å². The van der Waals surface area contributed by atoms with E-state index in [0.717, 1.165) is 62.2 Å². The second kappa shape index (κ2) is 11.5. The van der Waals surface area contributed by atoms with E-state index in [1.807, 2.05) is 42.6 Å². The lowest BCUT2D eigenvalue weighted by Gasteiger charge is -2.24. The normalized spacial score (nSPS) is 18.9. The van der Waals surface area contributed by atoms with Gasteiger partial charge in [-0.2, -0.15) is 0 Å². The molecule has 0 saturated carbocycles. The minimum atomic E-state index is 0. The van der Waals surface area contributed by atoms with Gasteiger partial charge in [0.2, 0.25) is 5.88 Å². The molecule has 30 heavy (non-hydrogen) atoms. The molecule has 0 unspecified atom stereocenters. The van der Waals surface area contributed by atoms with Gasteiger partial charge in [-0.25, -0.2) is 9.97 Å². The fourth-order valence-corrected chi connectivity index (χ4v) is 4.02. The molecule has 4 heterocycles. The molecule has 2 saturated heterocycles. The van der Waals surface area contributed by atoms with Crippen molar-refractivity contribution in [3.63, 3.8) is 0 Å². The molecule has 7 heteroatoms. The van der Waals surface area contributed by atoms with E-state index in [4.69, 9.17) is 21.1 Å². The number of ether oxygens (including phenoxy) is 2. The molecule has 1 N–H and O–H groups in total. The largest absolute Gasteiger partial charge is 0.473 e. The SMILES string of the molecule is Cl.Clc1nccc2ccccc12.c1cnc(O[C@H]2CCNC2)c(C2CCOCC2)c1. The number of benzene rings is 1. The van der Waals surface area contributed by atoms with Crippen molar-refractivity contribution in [2.75, 3.05) is 26.3 Å². The lowest BCUT2D eigenvalue weighted by molar-refractivity contribution is 0.0839. The van der Waals surface area contributed by atoms with E-state index in [2.05, 4.69) is 21.4 Å². The molecular formula is C23H27Cl2N3O2. The van der Waals surface area contributed by atoms with Crippen molar-refractivity contribution in [3.8, 4) is 5.88 Å². The second-order valence-electron chi connectivity index (χ2n) is 7.34. The molecule has 0 radical (unpaired) electrons. The number of halogens is 2. The maximum absolute atomic E-state index is 6.05. The van der Waals surface area contributed by atoms with Crippen LogP contribution in [-0.2, 0) is 4.74 Å². The predicted molar refractivity (Wildman–Crippen MR) is 123 cm³/mol. The summed E-state index contributed by atoms with van der Waals surface area (Å²) in [5.41, 5.74) is 1.26. The van der Waals surface area contributed by atoms with Gasteiger partial charge in [0.15, 0.2) is 0 Å². The molecular weight excluding hydrogens is 421 g/mol. The number of pyridine rings is 2. The van der Waals surface area contributed by atoms with Gasteiger partial charge in [-0.05, 0) is 49.2 Å². The Morgan fingerprint density at radius 2 is 1.80 bits per heavy atom. The van der Waals surface area contributed by atoms with E-state index in [0.29, 0.717) is 11.1 Å². The van der Waals surface area contributed by atoms with Gasteiger partial charge >= 0.3 is 0 Å². The molecule has 3 aromatic rings. The van der Waals surface area contributed by atoms with Crippen LogP contribution in [0.3, 0.4) is 0 Å². The summed E-state index contributed by atoms with van der Waals surface area (Å²) in [5, 5.41) is 6.03. The highest BCUT2D eigenvalue weighted by molar-refractivity contribution is 6.34. The van der Waals surface area contributed by atoms with Gasteiger partial charge in [0, 0.05) is 43.1 Å². The Morgan fingerprint density at radius 3 is 2.57 bits per heavy atom. The Kier molecular flexibility index (Phi) is 8.70.